The lowest BCUT2D eigenvalue weighted by atomic mass is 10.1. The zero-order valence-corrected chi connectivity index (χ0v) is 20.1. The fourth-order valence-electron chi connectivity index (χ4n) is 3.50. The van der Waals surface area contributed by atoms with E-state index in [0.717, 1.165) is 19.2 Å². The van der Waals surface area contributed by atoms with Crippen LogP contribution < -0.4 is 4.74 Å². The predicted molar refractivity (Wildman–Crippen MR) is 115 cm³/mol. The highest BCUT2D eigenvalue weighted by molar-refractivity contribution is 5.82. The van der Waals surface area contributed by atoms with Gasteiger partial charge in [-0.1, -0.05) is 0 Å². The number of methoxy groups -OCH3 is 1. The first-order valence-electron chi connectivity index (χ1n) is 11.0. The van der Waals surface area contributed by atoms with Crippen LogP contribution in [-0.4, -0.2) is 98.7 Å². The minimum absolute atomic E-state index is 0.0112. The van der Waals surface area contributed by atoms with E-state index in [9.17, 15) is 46.0 Å². The number of halogens is 6. The van der Waals surface area contributed by atoms with Gasteiger partial charge in [-0.3, -0.25) is 19.7 Å². The van der Waals surface area contributed by atoms with Crippen LogP contribution in [0.4, 0.5) is 32.0 Å². The summed E-state index contributed by atoms with van der Waals surface area (Å²) in [5.41, 5.74) is -1.29. The number of non-ortho nitro benzene ring substituents is 1. The molecule has 1 aliphatic heterocycles. The molecule has 11 nitrogen and oxygen atoms in total. The molecule has 0 saturated heterocycles. The fraction of sp³-hybridized carbons (Fsp3) is 0.619. The van der Waals surface area contributed by atoms with Crippen LogP contribution in [0.2, 0.25) is 0 Å². The van der Waals surface area contributed by atoms with Gasteiger partial charge in [-0.2, -0.15) is 26.3 Å². The van der Waals surface area contributed by atoms with Crippen molar-refractivity contribution in [1.82, 2.24) is 9.80 Å². The largest absolute Gasteiger partial charge is 0.496 e. The van der Waals surface area contributed by atoms with E-state index in [4.69, 9.17) is 18.9 Å². The Morgan fingerprint density at radius 3 is 1.50 bits per heavy atom. The number of hydrogen-bond acceptors (Lipinski definition) is 8. The molecule has 0 N–H and O–H groups in total. The summed E-state index contributed by atoms with van der Waals surface area (Å²) in [6.45, 7) is -3.65. The van der Waals surface area contributed by atoms with E-state index >= 15 is 0 Å². The molecule has 2 rings (SSSR count). The van der Waals surface area contributed by atoms with Gasteiger partial charge in [0.15, 0.2) is 0 Å². The predicted octanol–water partition coefficient (Wildman–Crippen LogP) is 2.45. The Bertz CT molecular complexity index is 924. The van der Waals surface area contributed by atoms with Gasteiger partial charge in [-0.15, -0.1) is 0 Å². The quantitative estimate of drug-likeness (QED) is 0.307. The average molecular weight is 561 g/mol. The van der Waals surface area contributed by atoms with Crippen molar-refractivity contribution in [1.29, 1.82) is 0 Å². The third-order valence-electron chi connectivity index (χ3n) is 5.18. The number of nitrogens with zero attached hydrogens (tertiary/aromatic N) is 3. The number of amides is 2. The summed E-state index contributed by atoms with van der Waals surface area (Å²) < 4.78 is 100. The summed E-state index contributed by atoms with van der Waals surface area (Å²) in [5.74, 6) is -4.87. The SMILES string of the molecule is COc1c2cc([N+](=O)[O-])cc1CN(C(=O)C(F)(F)F)CCOCCOCCOCCN(C(=O)C(F)(F)F)C2. The van der Waals surface area contributed by atoms with Crippen LogP contribution in [0.25, 0.3) is 0 Å². The molecule has 0 fully saturated rings. The van der Waals surface area contributed by atoms with Crippen molar-refractivity contribution < 1.29 is 59.8 Å². The molecule has 0 unspecified atom stereocenters. The van der Waals surface area contributed by atoms with Crippen molar-refractivity contribution in [3.63, 3.8) is 0 Å². The van der Waals surface area contributed by atoms with Crippen molar-refractivity contribution in [3.05, 3.63) is 33.4 Å². The molecule has 1 aromatic carbocycles. The maximum atomic E-state index is 13.3. The van der Waals surface area contributed by atoms with Gasteiger partial charge in [-0.25, -0.2) is 0 Å². The van der Waals surface area contributed by atoms with Gasteiger partial charge in [-0.05, 0) is 0 Å². The minimum Gasteiger partial charge on any atom is -0.496 e. The smallest absolute Gasteiger partial charge is 0.471 e. The van der Waals surface area contributed by atoms with Crippen molar-refractivity contribution >= 4 is 17.5 Å². The number of ether oxygens (including phenoxy) is 4. The van der Waals surface area contributed by atoms with E-state index in [0.29, 0.717) is 9.80 Å². The minimum atomic E-state index is -5.30. The standard InChI is InChI=1S/C21H25F6N3O8/c1-35-17-14-10-16(30(33)34)11-15(17)13-29(19(32)21(25,26)27)3-5-37-7-9-38-8-6-36-4-2-28(12-14)18(31)20(22,23)24/h10-11H,2-9,12-13H2,1H3. The molecule has 0 radical (unpaired) electrons. The molecule has 17 heteroatoms. The van der Waals surface area contributed by atoms with Gasteiger partial charge in [0.1, 0.15) is 5.75 Å². The average Bonchev–Trinajstić information content (AvgIpc) is 2.82. The highest BCUT2D eigenvalue weighted by Crippen LogP contribution is 2.33. The van der Waals surface area contributed by atoms with Crippen LogP contribution in [0, 0.1) is 10.1 Å². The summed E-state index contributed by atoms with van der Waals surface area (Å²) in [4.78, 5) is 35.4. The number of hydrogen-bond donors (Lipinski definition) is 0. The molecule has 2 bridgehead atoms. The molecule has 0 saturated carbocycles. The Morgan fingerprint density at radius 2 is 1.18 bits per heavy atom. The molecule has 2 amide bonds. The molecule has 1 aromatic rings. The highest BCUT2D eigenvalue weighted by atomic mass is 19.4. The lowest BCUT2D eigenvalue weighted by Gasteiger charge is -2.27. The zero-order valence-electron chi connectivity index (χ0n) is 20.1. The topological polar surface area (TPSA) is 121 Å². The Hall–Kier alpha value is -3.18. The first-order valence-corrected chi connectivity index (χ1v) is 11.0. The lowest BCUT2D eigenvalue weighted by Crippen LogP contribution is -2.43. The normalized spacial score (nSPS) is 17.3. The van der Waals surface area contributed by atoms with E-state index in [-0.39, 0.29) is 56.5 Å². The fourth-order valence-corrected chi connectivity index (χ4v) is 3.50. The van der Waals surface area contributed by atoms with E-state index in [1.807, 2.05) is 0 Å². The number of carbonyl (C=O) groups excluding carboxylic acids is 2. The lowest BCUT2D eigenvalue weighted by molar-refractivity contribution is -0.385. The van der Waals surface area contributed by atoms with Gasteiger partial charge in [0, 0.05) is 49.4 Å². The first kappa shape index (κ1) is 31.0. The number of benzene rings is 1. The molecular weight excluding hydrogens is 536 g/mol. The van der Waals surface area contributed by atoms with Gasteiger partial charge < -0.3 is 28.7 Å². The van der Waals surface area contributed by atoms with Crippen LogP contribution in [-0.2, 0) is 36.9 Å². The van der Waals surface area contributed by atoms with Crippen LogP contribution in [0.1, 0.15) is 11.1 Å². The van der Waals surface area contributed by atoms with Gasteiger partial charge in [0.25, 0.3) is 5.69 Å². The maximum absolute atomic E-state index is 13.3. The monoisotopic (exact) mass is 561 g/mol. The summed E-state index contributed by atoms with van der Waals surface area (Å²) in [5, 5.41) is 11.5. The summed E-state index contributed by atoms with van der Waals surface area (Å²) in [6.07, 6.45) is -10.6. The molecule has 1 aliphatic rings. The Labute approximate surface area is 212 Å². The van der Waals surface area contributed by atoms with Crippen LogP contribution in [0.3, 0.4) is 0 Å². The van der Waals surface area contributed by atoms with Crippen molar-refractivity contribution in [2.24, 2.45) is 0 Å². The van der Waals surface area contributed by atoms with Crippen molar-refractivity contribution in [2.45, 2.75) is 25.4 Å². The highest BCUT2D eigenvalue weighted by Gasteiger charge is 2.44. The molecule has 1 heterocycles. The second kappa shape index (κ2) is 13.6. The number of nitro benzene ring substituents is 1. The number of nitro groups is 1. The Balaban J connectivity index is 2.58. The summed E-state index contributed by atoms with van der Waals surface area (Å²) >= 11 is 0. The first-order chi connectivity index (χ1) is 17.8. The van der Waals surface area contributed by atoms with Crippen LogP contribution >= 0.6 is 0 Å². The molecule has 0 spiro atoms. The Kier molecular flexibility index (Phi) is 11.1. The van der Waals surface area contributed by atoms with E-state index in [1.54, 1.807) is 0 Å². The maximum Gasteiger partial charge on any atom is 0.471 e. The molecule has 0 atom stereocenters. The van der Waals surface area contributed by atoms with Gasteiger partial charge >= 0.3 is 24.2 Å². The Morgan fingerprint density at radius 1 is 0.816 bits per heavy atom. The third kappa shape index (κ3) is 8.98. The summed E-state index contributed by atoms with van der Waals surface area (Å²) in [6, 6.07) is 1.68. The third-order valence-corrected chi connectivity index (χ3v) is 5.18. The second-order valence-electron chi connectivity index (χ2n) is 7.84. The zero-order chi connectivity index (χ0) is 28.5. The second-order valence-corrected chi connectivity index (χ2v) is 7.84. The van der Waals surface area contributed by atoms with Gasteiger partial charge in [0.2, 0.25) is 0 Å². The number of rotatable bonds is 2. The number of carbonyl (C=O) groups is 2. The van der Waals surface area contributed by atoms with Crippen LogP contribution in [0.5, 0.6) is 5.75 Å². The molecule has 0 aromatic heterocycles. The number of alkyl halides is 6. The molecular formula is C21H25F6N3O8. The molecule has 0 aliphatic carbocycles. The summed E-state index contributed by atoms with van der Waals surface area (Å²) in [7, 11) is 1.04. The van der Waals surface area contributed by atoms with E-state index in [1.165, 1.54) is 0 Å². The van der Waals surface area contributed by atoms with Crippen LogP contribution in [0.15, 0.2) is 12.1 Å². The molecule has 214 valence electrons. The number of fused-ring (bicyclic) bond motifs is 2. The van der Waals surface area contributed by atoms with Crippen molar-refractivity contribution in [3.8, 4) is 5.75 Å². The van der Waals surface area contributed by atoms with Gasteiger partial charge in [0.05, 0.1) is 51.7 Å². The van der Waals surface area contributed by atoms with E-state index in [2.05, 4.69) is 0 Å². The van der Waals surface area contributed by atoms with Crippen molar-refractivity contribution in [2.75, 3.05) is 59.8 Å². The molecule has 38 heavy (non-hydrogen) atoms. The van der Waals surface area contributed by atoms with E-state index < -0.39 is 61.0 Å².